The number of nitrogens with zero attached hydrogens (tertiary/aromatic N) is 1. The lowest BCUT2D eigenvalue weighted by atomic mass is 9.95. The van der Waals surface area contributed by atoms with E-state index < -0.39 is 0 Å². The van der Waals surface area contributed by atoms with Gasteiger partial charge in [0.25, 0.3) is 5.91 Å². The molecule has 1 aliphatic rings. The number of hydrazone groups is 1. The van der Waals surface area contributed by atoms with Gasteiger partial charge in [-0.05, 0) is 85.2 Å². The summed E-state index contributed by atoms with van der Waals surface area (Å²) in [6.45, 7) is 4.93. The predicted octanol–water partition coefficient (Wildman–Crippen LogP) is 4.85. The Kier molecular flexibility index (Phi) is 5.65. The van der Waals surface area contributed by atoms with E-state index in [0.29, 0.717) is 18.1 Å². The van der Waals surface area contributed by atoms with E-state index in [0.717, 1.165) is 35.1 Å². The van der Waals surface area contributed by atoms with Crippen LogP contribution < -0.4 is 10.2 Å². The van der Waals surface area contributed by atoms with Gasteiger partial charge in [-0.1, -0.05) is 13.8 Å². The van der Waals surface area contributed by atoms with E-state index in [-0.39, 0.29) is 5.91 Å². The number of ether oxygens (including phenoxy) is 1. The molecule has 0 saturated carbocycles. The number of carbonyl (C=O) groups is 1. The Bertz CT molecular complexity index is 1030. The Labute approximate surface area is 171 Å². The Morgan fingerprint density at radius 1 is 1.17 bits per heavy atom. The van der Waals surface area contributed by atoms with Gasteiger partial charge in [-0.15, -0.1) is 0 Å². The first-order valence-electron chi connectivity index (χ1n) is 10.3. The minimum atomic E-state index is -0.203. The summed E-state index contributed by atoms with van der Waals surface area (Å²) in [5, 5.41) is 5.26. The molecule has 3 aromatic rings. The highest BCUT2D eigenvalue weighted by Gasteiger charge is 2.16. The number of aromatic amines is 1. The number of amides is 1. The molecule has 0 bridgehead atoms. The van der Waals surface area contributed by atoms with Crippen molar-refractivity contribution in [1.29, 1.82) is 0 Å². The number of hydrogen-bond donors (Lipinski definition) is 2. The van der Waals surface area contributed by atoms with Crippen LogP contribution in [0, 0.1) is 5.92 Å². The third-order valence-electron chi connectivity index (χ3n) is 5.20. The molecule has 150 valence electrons. The van der Waals surface area contributed by atoms with E-state index in [9.17, 15) is 4.79 Å². The lowest BCUT2D eigenvalue weighted by Crippen LogP contribution is -2.17. The van der Waals surface area contributed by atoms with Gasteiger partial charge in [-0.3, -0.25) is 4.79 Å². The van der Waals surface area contributed by atoms with Gasteiger partial charge in [0.2, 0.25) is 0 Å². The molecular formula is C24H27N3O2. The third kappa shape index (κ3) is 4.50. The van der Waals surface area contributed by atoms with Crippen LogP contribution in [0.2, 0.25) is 0 Å². The Morgan fingerprint density at radius 2 is 1.97 bits per heavy atom. The van der Waals surface area contributed by atoms with Gasteiger partial charge in [-0.2, -0.15) is 5.10 Å². The van der Waals surface area contributed by atoms with Crippen molar-refractivity contribution in [3.63, 3.8) is 0 Å². The van der Waals surface area contributed by atoms with E-state index in [1.165, 1.54) is 24.1 Å². The molecule has 5 nitrogen and oxygen atoms in total. The van der Waals surface area contributed by atoms with Crippen LogP contribution in [0.25, 0.3) is 10.9 Å². The average molecular weight is 389 g/mol. The van der Waals surface area contributed by atoms with Crippen LogP contribution >= 0.6 is 0 Å². The van der Waals surface area contributed by atoms with Crippen molar-refractivity contribution in [3.8, 4) is 5.75 Å². The largest absolute Gasteiger partial charge is 0.493 e. The molecule has 0 unspecified atom stereocenters. The monoisotopic (exact) mass is 389 g/mol. The van der Waals surface area contributed by atoms with E-state index in [4.69, 9.17) is 4.74 Å². The molecule has 0 saturated heterocycles. The van der Waals surface area contributed by atoms with Gasteiger partial charge >= 0.3 is 0 Å². The number of H-pyrrole nitrogens is 1. The van der Waals surface area contributed by atoms with E-state index in [1.807, 2.05) is 42.5 Å². The number of carbonyl (C=O) groups excluding carboxylic acids is 1. The first-order valence-corrected chi connectivity index (χ1v) is 10.3. The number of fused-ring (bicyclic) bond motifs is 3. The summed E-state index contributed by atoms with van der Waals surface area (Å²) in [5.74, 6) is 1.12. The maximum absolute atomic E-state index is 12.5. The molecule has 4 rings (SSSR count). The number of aryl methyl sites for hydroxylation is 2. The van der Waals surface area contributed by atoms with Gasteiger partial charge in [-0.25, -0.2) is 5.43 Å². The van der Waals surface area contributed by atoms with E-state index >= 15 is 0 Å². The standard InChI is InChI=1S/C24H27N3O2/c1-16(2)15-29-19-10-7-17(8-11-19)14-25-27-24(28)18-9-12-23-21(13-18)20-5-3-4-6-22(20)26-23/h7-14,16,26H,3-6,15H2,1-2H3,(H,27,28)/b25-14-. The Hall–Kier alpha value is -3.08. The molecule has 0 aliphatic heterocycles. The third-order valence-corrected chi connectivity index (χ3v) is 5.20. The van der Waals surface area contributed by atoms with Gasteiger partial charge in [0.05, 0.1) is 12.8 Å². The molecule has 2 aromatic carbocycles. The summed E-state index contributed by atoms with van der Waals surface area (Å²) in [6, 6.07) is 13.5. The first-order chi connectivity index (χ1) is 14.1. The molecule has 5 heteroatoms. The SMILES string of the molecule is CC(C)COc1ccc(/C=N\NC(=O)c2ccc3[nH]c4c(c3c2)CCCC4)cc1. The van der Waals surface area contributed by atoms with Crippen molar-refractivity contribution in [2.45, 2.75) is 39.5 Å². The molecule has 1 aromatic heterocycles. The van der Waals surface area contributed by atoms with Crippen molar-refractivity contribution in [2.75, 3.05) is 6.61 Å². The van der Waals surface area contributed by atoms with Crippen LogP contribution in [0.5, 0.6) is 5.75 Å². The predicted molar refractivity (Wildman–Crippen MR) is 117 cm³/mol. The summed E-state index contributed by atoms with van der Waals surface area (Å²) < 4.78 is 5.67. The maximum atomic E-state index is 12.5. The first kappa shape index (κ1) is 19.2. The van der Waals surface area contributed by atoms with Gasteiger partial charge in [0.15, 0.2) is 0 Å². The van der Waals surface area contributed by atoms with Gasteiger partial charge in [0.1, 0.15) is 5.75 Å². The molecule has 0 spiro atoms. The fourth-order valence-electron chi connectivity index (χ4n) is 3.69. The second-order valence-corrected chi connectivity index (χ2v) is 8.02. The highest BCUT2D eigenvalue weighted by molar-refractivity contribution is 5.99. The van der Waals surface area contributed by atoms with Crippen LogP contribution in [0.15, 0.2) is 47.6 Å². The molecule has 29 heavy (non-hydrogen) atoms. The molecule has 0 atom stereocenters. The van der Waals surface area contributed by atoms with Gasteiger partial charge in [0, 0.05) is 22.2 Å². The molecule has 2 N–H and O–H groups in total. The molecule has 1 aliphatic carbocycles. The van der Waals surface area contributed by atoms with Crippen molar-refractivity contribution in [1.82, 2.24) is 10.4 Å². The average Bonchev–Trinajstić information content (AvgIpc) is 3.11. The molecule has 0 radical (unpaired) electrons. The number of rotatable bonds is 6. The summed E-state index contributed by atoms with van der Waals surface area (Å²) in [6.07, 6.45) is 6.25. The molecular weight excluding hydrogens is 362 g/mol. The number of nitrogens with one attached hydrogen (secondary N) is 2. The lowest BCUT2D eigenvalue weighted by Gasteiger charge is -2.10. The summed E-state index contributed by atoms with van der Waals surface area (Å²) >= 11 is 0. The molecule has 1 amide bonds. The fourth-order valence-corrected chi connectivity index (χ4v) is 3.69. The van der Waals surface area contributed by atoms with Crippen molar-refractivity contribution < 1.29 is 9.53 Å². The smallest absolute Gasteiger partial charge is 0.271 e. The minimum absolute atomic E-state index is 0.203. The highest BCUT2D eigenvalue weighted by atomic mass is 16.5. The van der Waals surface area contributed by atoms with Crippen LogP contribution in [0.3, 0.4) is 0 Å². The Morgan fingerprint density at radius 3 is 2.76 bits per heavy atom. The normalized spacial score (nSPS) is 13.8. The highest BCUT2D eigenvalue weighted by Crippen LogP contribution is 2.29. The molecule has 1 heterocycles. The van der Waals surface area contributed by atoms with Crippen molar-refractivity contribution >= 4 is 23.0 Å². The van der Waals surface area contributed by atoms with Crippen molar-refractivity contribution in [3.05, 3.63) is 64.8 Å². The van der Waals surface area contributed by atoms with Crippen molar-refractivity contribution in [2.24, 2.45) is 11.0 Å². The van der Waals surface area contributed by atoms with Crippen LogP contribution in [-0.2, 0) is 12.8 Å². The van der Waals surface area contributed by atoms with E-state index in [2.05, 4.69) is 29.4 Å². The quantitative estimate of drug-likeness (QED) is 0.468. The lowest BCUT2D eigenvalue weighted by molar-refractivity contribution is 0.0955. The zero-order chi connectivity index (χ0) is 20.2. The number of benzene rings is 2. The zero-order valence-corrected chi connectivity index (χ0v) is 17.0. The number of hydrogen-bond acceptors (Lipinski definition) is 3. The second-order valence-electron chi connectivity index (χ2n) is 8.02. The van der Waals surface area contributed by atoms with E-state index in [1.54, 1.807) is 6.21 Å². The summed E-state index contributed by atoms with van der Waals surface area (Å²) in [7, 11) is 0. The van der Waals surface area contributed by atoms with Crippen LogP contribution in [0.1, 0.15) is 53.9 Å². The Balaban J connectivity index is 1.40. The summed E-state index contributed by atoms with van der Waals surface area (Å²) in [5.41, 5.74) is 7.95. The summed E-state index contributed by atoms with van der Waals surface area (Å²) in [4.78, 5) is 16.0. The number of aromatic nitrogens is 1. The zero-order valence-electron chi connectivity index (χ0n) is 17.0. The molecule has 0 fully saturated rings. The fraction of sp³-hybridized carbons (Fsp3) is 0.333. The minimum Gasteiger partial charge on any atom is -0.493 e. The second kappa shape index (κ2) is 8.52. The topological polar surface area (TPSA) is 66.5 Å². The van der Waals surface area contributed by atoms with Crippen LogP contribution in [-0.4, -0.2) is 23.7 Å². The van der Waals surface area contributed by atoms with Crippen LogP contribution in [0.4, 0.5) is 0 Å². The maximum Gasteiger partial charge on any atom is 0.271 e. The van der Waals surface area contributed by atoms with Gasteiger partial charge < -0.3 is 9.72 Å².